The Morgan fingerprint density at radius 2 is 2.00 bits per heavy atom. The fraction of sp³-hybridized carbons (Fsp3) is 0.238. The molecule has 1 atom stereocenters. The van der Waals surface area contributed by atoms with E-state index in [2.05, 4.69) is 10.3 Å². The van der Waals surface area contributed by atoms with Crippen LogP contribution < -0.4 is 10.9 Å². The Balaban J connectivity index is 1.89. The van der Waals surface area contributed by atoms with Crippen LogP contribution in [0.2, 0.25) is 0 Å². The average molecular weight is 408 g/mol. The summed E-state index contributed by atoms with van der Waals surface area (Å²) in [6.07, 6.45) is 0.547. The van der Waals surface area contributed by atoms with Crippen molar-refractivity contribution in [1.82, 2.24) is 9.55 Å². The van der Waals surface area contributed by atoms with Crippen molar-refractivity contribution in [2.75, 3.05) is 17.7 Å². The minimum Gasteiger partial charge on any atom is -0.394 e. The van der Waals surface area contributed by atoms with Crippen LogP contribution in [0.15, 0.2) is 58.5 Å². The summed E-state index contributed by atoms with van der Waals surface area (Å²) in [4.78, 5) is 30.0. The third kappa shape index (κ3) is 4.47. The van der Waals surface area contributed by atoms with Crippen molar-refractivity contribution in [3.05, 3.63) is 64.4 Å². The molecule has 3 aromatic rings. The maximum Gasteiger partial charge on any atom is 0.262 e. The predicted octanol–water partition coefficient (Wildman–Crippen LogP) is 2.94. The lowest BCUT2D eigenvalue weighted by Crippen LogP contribution is -2.29. The third-order valence-electron chi connectivity index (χ3n) is 4.48. The second-order valence-electron chi connectivity index (χ2n) is 6.33. The van der Waals surface area contributed by atoms with Crippen molar-refractivity contribution in [3.63, 3.8) is 0 Å². The number of nitriles is 1. The molecular weight excluding hydrogens is 388 g/mol. The molecule has 1 heterocycles. The zero-order valence-electron chi connectivity index (χ0n) is 15.8. The number of hydrogen-bond acceptors (Lipinski definition) is 6. The number of hydrogen-bond donors (Lipinski definition) is 2. The van der Waals surface area contributed by atoms with Crippen LogP contribution in [-0.4, -0.2) is 32.9 Å². The number of fused-ring (bicyclic) bond motifs is 1. The van der Waals surface area contributed by atoms with Crippen LogP contribution in [0.3, 0.4) is 0 Å². The minimum atomic E-state index is -0.426. The molecule has 29 heavy (non-hydrogen) atoms. The highest BCUT2D eigenvalue weighted by Crippen LogP contribution is 2.23. The van der Waals surface area contributed by atoms with Gasteiger partial charge in [0.15, 0.2) is 5.16 Å². The molecule has 2 aromatic carbocycles. The highest BCUT2D eigenvalue weighted by atomic mass is 32.2. The van der Waals surface area contributed by atoms with Crippen LogP contribution in [0, 0.1) is 11.3 Å². The van der Waals surface area contributed by atoms with E-state index < -0.39 is 6.04 Å². The van der Waals surface area contributed by atoms with E-state index in [0.717, 1.165) is 11.8 Å². The summed E-state index contributed by atoms with van der Waals surface area (Å²) in [5.41, 5.74) is 1.11. The fourth-order valence-electron chi connectivity index (χ4n) is 2.95. The van der Waals surface area contributed by atoms with E-state index in [1.54, 1.807) is 48.5 Å². The lowest BCUT2D eigenvalue weighted by Gasteiger charge is -2.19. The van der Waals surface area contributed by atoms with Gasteiger partial charge in [-0.25, -0.2) is 4.98 Å². The first-order valence-corrected chi connectivity index (χ1v) is 10.1. The average Bonchev–Trinajstić information content (AvgIpc) is 2.75. The van der Waals surface area contributed by atoms with Crippen LogP contribution in [0.1, 0.15) is 24.9 Å². The number of anilines is 1. The highest BCUT2D eigenvalue weighted by molar-refractivity contribution is 7.99. The zero-order valence-corrected chi connectivity index (χ0v) is 16.6. The Kier molecular flexibility index (Phi) is 6.65. The second kappa shape index (κ2) is 9.37. The van der Waals surface area contributed by atoms with Gasteiger partial charge in [-0.1, -0.05) is 43.0 Å². The Morgan fingerprint density at radius 3 is 2.72 bits per heavy atom. The normalized spacial score (nSPS) is 11.8. The van der Waals surface area contributed by atoms with Crippen LogP contribution in [0.4, 0.5) is 5.69 Å². The number of aromatic nitrogens is 2. The van der Waals surface area contributed by atoms with Crippen molar-refractivity contribution in [3.8, 4) is 6.07 Å². The number of nitrogens with one attached hydrogen (secondary N) is 1. The summed E-state index contributed by atoms with van der Waals surface area (Å²) in [5, 5.41) is 22.4. The molecule has 0 aliphatic rings. The van der Waals surface area contributed by atoms with Crippen LogP contribution >= 0.6 is 11.8 Å². The molecule has 3 rings (SSSR count). The molecule has 1 aromatic heterocycles. The van der Waals surface area contributed by atoms with Gasteiger partial charge in [-0.3, -0.25) is 14.2 Å². The van der Waals surface area contributed by atoms with Gasteiger partial charge in [-0.15, -0.1) is 0 Å². The zero-order chi connectivity index (χ0) is 20.8. The van der Waals surface area contributed by atoms with E-state index >= 15 is 0 Å². The Bertz CT molecular complexity index is 1130. The Morgan fingerprint density at radius 1 is 1.28 bits per heavy atom. The molecule has 0 spiro atoms. The molecule has 7 nitrogen and oxygen atoms in total. The van der Waals surface area contributed by atoms with Gasteiger partial charge in [0.1, 0.15) is 6.07 Å². The van der Waals surface area contributed by atoms with E-state index in [4.69, 9.17) is 5.26 Å². The van der Waals surface area contributed by atoms with E-state index in [9.17, 15) is 14.7 Å². The Labute approximate surface area is 172 Å². The fourth-order valence-corrected chi connectivity index (χ4v) is 3.82. The molecule has 0 bridgehead atoms. The largest absolute Gasteiger partial charge is 0.394 e. The molecular formula is C21H20N4O3S. The van der Waals surface area contributed by atoms with E-state index in [1.807, 2.05) is 13.0 Å². The number of carbonyl (C=O) groups excluding carboxylic acids is 1. The van der Waals surface area contributed by atoms with E-state index in [1.165, 1.54) is 4.57 Å². The smallest absolute Gasteiger partial charge is 0.262 e. The molecule has 2 N–H and O–H groups in total. The number of rotatable bonds is 7. The summed E-state index contributed by atoms with van der Waals surface area (Å²) in [7, 11) is 0. The first-order chi connectivity index (χ1) is 14.1. The molecule has 0 saturated heterocycles. The predicted molar refractivity (Wildman–Crippen MR) is 113 cm³/mol. The molecule has 0 unspecified atom stereocenters. The monoisotopic (exact) mass is 408 g/mol. The third-order valence-corrected chi connectivity index (χ3v) is 5.43. The molecule has 0 saturated carbocycles. The number of para-hydroxylation sites is 2. The number of benzene rings is 2. The van der Waals surface area contributed by atoms with Crippen LogP contribution in [-0.2, 0) is 4.79 Å². The van der Waals surface area contributed by atoms with Gasteiger partial charge >= 0.3 is 0 Å². The number of amides is 1. The van der Waals surface area contributed by atoms with Crippen molar-refractivity contribution < 1.29 is 9.90 Å². The molecule has 148 valence electrons. The molecule has 0 aliphatic carbocycles. The number of aliphatic hydroxyl groups excluding tert-OH is 1. The maximum absolute atomic E-state index is 13.0. The highest BCUT2D eigenvalue weighted by Gasteiger charge is 2.19. The molecule has 1 amide bonds. The number of nitrogens with zero attached hydrogens (tertiary/aromatic N) is 3. The first-order valence-electron chi connectivity index (χ1n) is 9.13. The summed E-state index contributed by atoms with van der Waals surface area (Å²) < 4.78 is 1.46. The van der Waals surface area contributed by atoms with Crippen molar-refractivity contribution in [1.29, 1.82) is 5.26 Å². The van der Waals surface area contributed by atoms with Crippen LogP contribution in [0.5, 0.6) is 0 Å². The van der Waals surface area contributed by atoms with Crippen LogP contribution in [0.25, 0.3) is 10.9 Å². The minimum absolute atomic E-state index is 0.00636. The van der Waals surface area contributed by atoms with Gasteiger partial charge in [0.2, 0.25) is 5.91 Å². The maximum atomic E-state index is 13.0. The summed E-state index contributed by atoms with van der Waals surface area (Å²) in [5.74, 6) is -0.310. The summed E-state index contributed by atoms with van der Waals surface area (Å²) >= 11 is 1.12. The molecule has 0 aliphatic heterocycles. The number of thioether (sulfide) groups is 1. The SMILES string of the molecule is CC[C@H](CO)n1c(SCC(=O)Nc2ccccc2C#N)nc2ccccc2c1=O. The number of aliphatic hydroxyl groups is 1. The summed E-state index contributed by atoms with van der Waals surface area (Å²) in [6.45, 7) is 1.67. The second-order valence-corrected chi connectivity index (χ2v) is 7.27. The van der Waals surface area contributed by atoms with Crippen molar-refractivity contribution in [2.24, 2.45) is 0 Å². The van der Waals surface area contributed by atoms with E-state index in [-0.39, 0.29) is 23.8 Å². The molecule has 0 fully saturated rings. The van der Waals surface area contributed by atoms with Gasteiger partial charge in [0, 0.05) is 0 Å². The van der Waals surface area contributed by atoms with Crippen molar-refractivity contribution >= 4 is 34.3 Å². The van der Waals surface area contributed by atoms with E-state index in [0.29, 0.717) is 33.7 Å². The van der Waals surface area contributed by atoms with Gasteiger partial charge < -0.3 is 10.4 Å². The lowest BCUT2D eigenvalue weighted by atomic mass is 10.2. The summed E-state index contributed by atoms with van der Waals surface area (Å²) in [6, 6.07) is 15.4. The standard InChI is InChI=1S/C21H20N4O3S/c1-2-15(12-26)25-20(28)16-8-4-6-10-18(16)24-21(25)29-13-19(27)23-17-9-5-3-7-14(17)11-22/h3-10,15,26H,2,12-13H2,1H3,(H,23,27)/t15-/m1/s1. The topological polar surface area (TPSA) is 108 Å². The van der Waals surface area contributed by atoms with Crippen molar-refractivity contribution in [2.45, 2.75) is 24.5 Å². The van der Waals surface area contributed by atoms with Gasteiger partial charge in [0.05, 0.1) is 40.6 Å². The van der Waals surface area contributed by atoms with Gasteiger partial charge in [-0.05, 0) is 30.7 Å². The quantitative estimate of drug-likeness (QED) is 0.460. The Hall–Kier alpha value is -3.15. The molecule has 0 radical (unpaired) electrons. The lowest BCUT2D eigenvalue weighted by molar-refractivity contribution is -0.113. The first kappa shape index (κ1) is 20.6. The van der Waals surface area contributed by atoms with Gasteiger partial charge in [-0.2, -0.15) is 5.26 Å². The number of carbonyl (C=O) groups is 1. The molecule has 8 heteroatoms. The van der Waals surface area contributed by atoms with Gasteiger partial charge in [0.25, 0.3) is 5.56 Å².